The molecule has 41 heavy (non-hydrogen) atoms. The van der Waals surface area contributed by atoms with Gasteiger partial charge in [0, 0.05) is 61.4 Å². The highest BCUT2D eigenvalue weighted by atomic mass is 35.5. The number of rotatable bonds is 6. The van der Waals surface area contributed by atoms with E-state index in [1.165, 1.54) is 22.8 Å². The van der Waals surface area contributed by atoms with Crippen LogP contribution in [0.4, 0.5) is 15.9 Å². The van der Waals surface area contributed by atoms with Gasteiger partial charge < -0.3 is 20.3 Å². The quantitative estimate of drug-likeness (QED) is 0.301. The van der Waals surface area contributed by atoms with Crippen LogP contribution in [-0.2, 0) is 0 Å². The van der Waals surface area contributed by atoms with Gasteiger partial charge in [-0.3, -0.25) is 19.1 Å². The molecule has 2 aromatic carbocycles. The Labute approximate surface area is 241 Å². The van der Waals surface area contributed by atoms with Gasteiger partial charge in [0.1, 0.15) is 17.1 Å². The average Bonchev–Trinajstić information content (AvgIpc) is 2.99. The third-order valence-electron chi connectivity index (χ3n) is 6.65. The van der Waals surface area contributed by atoms with Crippen molar-refractivity contribution in [2.75, 3.05) is 36.4 Å². The Morgan fingerprint density at radius 3 is 2.54 bits per heavy atom. The summed E-state index contributed by atoms with van der Waals surface area (Å²) >= 11 is 0. The molecule has 5 aromatic rings. The van der Waals surface area contributed by atoms with Gasteiger partial charge in [0.05, 0.1) is 11.7 Å². The summed E-state index contributed by atoms with van der Waals surface area (Å²) in [5, 5.41) is 6.63. The van der Waals surface area contributed by atoms with Crippen LogP contribution in [0.2, 0.25) is 0 Å². The van der Waals surface area contributed by atoms with Gasteiger partial charge in [0.2, 0.25) is 0 Å². The van der Waals surface area contributed by atoms with Crippen LogP contribution >= 0.6 is 12.4 Å². The van der Waals surface area contributed by atoms with Crippen molar-refractivity contribution in [1.82, 2.24) is 19.9 Å². The summed E-state index contributed by atoms with van der Waals surface area (Å²) in [7, 11) is 0. The predicted octanol–water partition coefficient (Wildman–Crippen LogP) is 4.80. The molecule has 1 saturated heterocycles. The second-order valence-electron chi connectivity index (χ2n) is 9.24. The molecular formula is C30H26ClFN6O3. The van der Waals surface area contributed by atoms with Crippen molar-refractivity contribution in [1.29, 1.82) is 0 Å². The molecular weight excluding hydrogens is 547 g/mol. The van der Waals surface area contributed by atoms with E-state index in [1.807, 2.05) is 12.1 Å². The summed E-state index contributed by atoms with van der Waals surface area (Å²) in [6.07, 6.45) is 4.86. The van der Waals surface area contributed by atoms with Crippen LogP contribution in [0.5, 0.6) is 11.5 Å². The standard InChI is InChI=1S/C30H25FN6O3.ClH/c31-24-17-20(35-29(38)22-7-4-14-37(30(22)39)21-5-2-1-3-6-21)8-9-27(24)40-26-10-11-33-25-19-34-28(18-23(25)26)36-15-12-32-13-16-36;/h1-11,14,17-19,32H,12-13,15-16H2,(H,35,38);1H. The van der Waals surface area contributed by atoms with Crippen molar-refractivity contribution in [2.45, 2.75) is 0 Å². The van der Waals surface area contributed by atoms with Crippen LogP contribution in [0.25, 0.3) is 16.6 Å². The third-order valence-corrected chi connectivity index (χ3v) is 6.65. The second kappa shape index (κ2) is 12.2. The summed E-state index contributed by atoms with van der Waals surface area (Å²) < 4.78 is 22.5. The van der Waals surface area contributed by atoms with Crippen molar-refractivity contribution < 1.29 is 13.9 Å². The minimum absolute atomic E-state index is 0. The molecule has 1 amide bonds. The molecule has 0 saturated carbocycles. The highest BCUT2D eigenvalue weighted by Crippen LogP contribution is 2.33. The molecule has 9 nitrogen and oxygen atoms in total. The number of amides is 1. The van der Waals surface area contributed by atoms with E-state index in [9.17, 15) is 9.59 Å². The number of benzene rings is 2. The number of nitrogens with one attached hydrogen (secondary N) is 2. The van der Waals surface area contributed by atoms with Crippen LogP contribution < -0.4 is 25.8 Å². The van der Waals surface area contributed by atoms with E-state index in [-0.39, 0.29) is 29.4 Å². The molecule has 1 fully saturated rings. The maximum absolute atomic E-state index is 15.1. The number of para-hydroxylation sites is 1. The van der Waals surface area contributed by atoms with Crippen molar-refractivity contribution >= 4 is 40.7 Å². The molecule has 11 heteroatoms. The fourth-order valence-electron chi connectivity index (χ4n) is 4.61. The van der Waals surface area contributed by atoms with Gasteiger partial charge in [-0.05, 0) is 48.5 Å². The van der Waals surface area contributed by atoms with Crippen molar-refractivity contribution in [2.24, 2.45) is 0 Å². The van der Waals surface area contributed by atoms with E-state index in [1.54, 1.807) is 55.0 Å². The first kappa shape index (κ1) is 27.8. The SMILES string of the molecule is Cl.O=C(Nc1ccc(Oc2ccnc3cnc(N4CCNCC4)cc23)c(F)c1)c1cccn(-c2ccccc2)c1=O. The molecule has 6 rings (SSSR count). The molecule has 0 aliphatic carbocycles. The second-order valence-corrected chi connectivity index (χ2v) is 9.24. The van der Waals surface area contributed by atoms with Crippen LogP contribution in [0, 0.1) is 5.82 Å². The molecule has 2 N–H and O–H groups in total. The molecule has 0 radical (unpaired) electrons. The minimum Gasteiger partial charge on any atom is -0.454 e. The topological polar surface area (TPSA) is 101 Å². The van der Waals surface area contributed by atoms with E-state index in [0.29, 0.717) is 22.3 Å². The molecule has 0 spiro atoms. The maximum Gasteiger partial charge on any atom is 0.267 e. The van der Waals surface area contributed by atoms with E-state index in [0.717, 1.165) is 38.1 Å². The number of piperazine rings is 1. The summed E-state index contributed by atoms with van der Waals surface area (Å²) in [6, 6.07) is 19.7. The number of nitrogens with zero attached hydrogens (tertiary/aromatic N) is 4. The van der Waals surface area contributed by atoms with Gasteiger partial charge in [-0.1, -0.05) is 18.2 Å². The molecule has 0 bridgehead atoms. The van der Waals surface area contributed by atoms with Gasteiger partial charge >= 0.3 is 0 Å². The molecule has 208 valence electrons. The van der Waals surface area contributed by atoms with Crippen molar-refractivity contribution in [3.8, 4) is 17.2 Å². The normalized spacial score (nSPS) is 13.0. The Balaban J connectivity index is 0.00000337. The van der Waals surface area contributed by atoms with E-state index in [2.05, 4.69) is 25.5 Å². The van der Waals surface area contributed by atoms with Gasteiger partial charge in [-0.25, -0.2) is 9.37 Å². The first-order valence-electron chi connectivity index (χ1n) is 12.8. The highest BCUT2D eigenvalue weighted by Gasteiger charge is 2.17. The Kier molecular flexibility index (Phi) is 8.23. The molecule has 0 unspecified atom stereocenters. The fourth-order valence-corrected chi connectivity index (χ4v) is 4.61. The first-order chi connectivity index (χ1) is 19.6. The Bertz CT molecular complexity index is 1760. The fraction of sp³-hybridized carbons (Fsp3) is 0.133. The maximum atomic E-state index is 15.1. The lowest BCUT2D eigenvalue weighted by Gasteiger charge is -2.28. The molecule has 4 heterocycles. The van der Waals surface area contributed by atoms with Crippen molar-refractivity contribution in [3.63, 3.8) is 0 Å². The number of fused-ring (bicyclic) bond motifs is 1. The summed E-state index contributed by atoms with van der Waals surface area (Å²) in [6.45, 7) is 3.41. The lowest BCUT2D eigenvalue weighted by atomic mass is 10.2. The number of hydrogen-bond donors (Lipinski definition) is 2. The predicted molar refractivity (Wildman–Crippen MR) is 158 cm³/mol. The van der Waals surface area contributed by atoms with Crippen LogP contribution in [-0.4, -0.2) is 46.6 Å². The van der Waals surface area contributed by atoms with Crippen LogP contribution in [0.15, 0.2) is 96.2 Å². The number of anilines is 2. The van der Waals surface area contributed by atoms with Gasteiger partial charge in [-0.2, -0.15) is 0 Å². The Morgan fingerprint density at radius 1 is 0.951 bits per heavy atom. The number of aromatic nitrogens is 3. The molecule has 1 aliphatic rings. The highest BCUT2D eigenvalue weighted by molar-refractivity contribution is 6.04. The number of hydrogen-bond acceptors (Lipinski definition) is 7. The van der Waals surface area contributed by atoms with Crippen LogP contribution in [0.1, 0.15) is 10.4 Å². The van der Waals surface area contributed by atoms with Gasteiger partial charge in [0.25, 0.3) is 11.5 Å². The van der Waals surface area contributed by atoms with Gasteiger partial charge in [-0.15, -0.1) is 12.4 Å². The lowest BCUT2D eigenvalue weighted by molar-refractivity contribution is 0.102. The Hall–Kier alpha value is -4.80. The zero-order valence-electron chi connectivity index (χ0n) is 21.8. The Morgan fingerprint density at radius 2 is 1.76 bits per heavy atom. The number of pyridine rings is 3. The molecule has 1 aliphatic heterocycles. The zero-order valence-corrected chi connectivity index (χ0v) is 22.6. The zero-order chi connectivity index (χ0) is 27.5. The first-order valence-corrected chi connectivity index (χ1v) is 12.8. The van der Waals surface area contributed by atoms with Gasteiger partial charge in [0.15, 0.2) is 11.6 Å². The van der Waals surface area contributed by atoms with E-state index >= 15 is 4.39 Å². The number of carbonyl (C=O) groups excluding carboxylic acids is 1. The van der Waals surface area contributed by atoms with E-state index < -0.39 is 17.3 Å². The number of halogens is 2. The number of carbonyl (C=O) groups is 1. The average molecular weight is 573 g/mol. The smallest absolute Gasteiger partial charge is 0.267 e. The van der Waals surface area contributed by atoms with E-state index in [4.69, 9.17) is 4.74 Å². The lowest BCUT2D eigenvalue weighted by Crippen LogP contribution is -2.43. The molecule has 3 aromatic heterocycles. The largest absolute Gasteiger partial charge is 0.454 e. The third kappa shape index (κ3) is 5.88. The van der Waals surface area contributed by atoms with Crippen LogP contribution in [0.3, 0.4) is 0 Å². The molecule has 0 atom stereocenters. The minimum atomic E-state index is -0.672. The number of ether oxygens (including phenoxy) is 1. The monoisotopic (exact) mass is 572 g/mol. The summed E-state index contributed by atoms with van der Waals surface area (Å²) in [5.74, 6) is -0.0923. The summed E-state index contributed by atoms with van der Waals surface area (Å²) in [5.41, 5.74) is 0.906. The summed E-state index contributed by atoms with van der Waals surface area (Å²) in [4.78, 5) is 36.9. The van der Waals surface area contributed by atoms with Crippen molar-refractivity contribution in [3.05, 3.63) is 113 Å².